The molecule has 0 radical (unpaired) electrons. The molecule has 0 saturated carbocycles. The summed E-state index contributed by atoms with van der Waals surface area (Å²) >= 11 is 0. The van der Waals surface area contributed by atoms with Crippen molar-refractivity contribution in [3.63, 3.8) is 0 Å². The number of aromatic nitrogens is 2. The second-order valence-electron chi connectivity index (χ2n) is 4.96. The highest BCUT2D eigenvalue weighted by molar-refractivity contribution is 5.80. The highest BCUT2D eigenvalue weighted by Gasteiger charge is 2.22. The molecule has 2 N–H and O–H groups in total. The Hall–Kier alpha value is -2.50. The number of hydrogen-bond acceptors (Lipinski definition) is 4. The van der Waals surface area contributed by atoms with Crippen LogP contribution >= 0.6 is 0 Å². The second-order valence-corrected chi connectivity index (χ2v) is 4.96. The fourth-order valence-electron chi connectivity index (χ4n) is 1.99. The molecule has 0 aliphatic heterocycles. The molecule has 0 fully saturated rings. The van der Waals surface area contributed by atoms with Gasteiger partial charge in [-0.25, -0.2) is 4.79 Å². The molecule has 0 amide bonds. The highest BCUT2D eigenvalue weighted by Crippen LogP contribution is 2.28. The van der Waals surface area contributed by atoms with Crippen molar-refractivity contribution in [3.8, 4) is 5.75 Å². The number of carbonyl (C=O) groups is 1. The predicted molar refractivity (Wildman–Crippen MR) is 79.6 cm³/mol. The minimum atomic E-state index is -0.968. The molecule has 112 valence electrons. The van der Waals surface area contributed by atoms with E-state index in [-0.39, 0.29) is 6.04 Å². The van der Waals surface area contributed by atoms with E-state index < -0.39 is 12.0 Å². The zero-order valence-corrected chi connectivity index (χ0v) is 12.3. The first-order valence-electron chi connectivity index (χ1n) is 6.69. The lowest BCUT2D eigenvalue weighted by atomic mass is 10.1. The Kier molecular flexibility index (Phi) is 4.47. The highest BCUT2D eigenvalue weighted by atomic mass is 16.5. The van der Waals surface area contributed by atoms with Crippen LogP contribution in [0.25, 0.3) is 0 Å². The Morgan fingerprint density at radius 2 is 2.10 bits per heavy atom. The molecule has 0 saturated heterocycles. The lowest BCUT2D eigenvalue weighted by Crippen LogP contribution is -2.20. The van der Waals surface area contributed by atoms with Crippen molar-refractivity contribution in [1.82, 2.24) is 9.78 Å². The quantitative estimate of drug-likeness (QED) is 0.855. The van der Waals surface area contributed by atoms with Crippen LogP contribution in [-0.2, 0) is 4.79 Å². The van der Waals surface area contributed by atoms with E-state index in [0.29, 0.717) is 17.0 Å². The Labute approximate surface area is 123 Å². The average molecular weight is 289 g/mol. The summed E-state index contributed by atoms with van der Waals surface area (Å²) in [5, 5.41) is 16.6. The summed E-state index contributed by atoms with van der Waals surface area (Å²) in [4.78, 5) is 11.5. The van der Waals surface area contributed by atoms with Crippen molar-refractivity contribution >= 4 is 11.7 Å². The van der Waals surface area contributed by atoms with E-state index in [9.17, 15) is 9.90 Å². The topological polar surface area (TPSA) is 76.4 Å². The van der Waals surface area contributed by atoms with Gasteiger partial charge in [0.15, 0.2) is 6.04 Å². The minimum Gasteiger partial charge on any atom is -0.495 e. The number of methoxy groups -OCH3 is 1. The molecule has 1 aromatic carbocycles. The van der Waals surface area contributed by atoms with Gasteiger partial charge in [-0.3, -0.25) is 4.68 Å². The van der Waals surface area contributed by atoms with Gasteiger partial charge in [-0.2, -0.15) is 5.10 Å². The van der Waals surface area contributed by atoms with Crippen LogP contribution in [0.1, 0.15) is 31.5 Å². The maximum Gasteiger partial charge on any atom is 0.330 e. The third kappa shape index (κ3) is 3.34. The van der Waals surface area contributed by atoms with Crippen LogP contribution in [0.3, 0.4) is 0 Å². The average Bonchev–Trinajstić information content (AvgIpc) is 2.94. The van der Waals surface area contributed by atoms with Crippen molar-refractivity contribution < 1.29 is 14.6 Å². The molecule has 1 atom stereocenters. The zero-order valence-electron chi connectivity index (χ0n) is 12.3. The lowest BCUT2D eigenvalue weighted by molar-refractivity contribution is -0.138. The molecule has 0 aliphatic rings. The third-order valence-corrected chi connectivity index (χ3v) is 3.14. The summed E-state index contributed by atoms with van der Waals surface area (Å²) in [6.45, 7) is 3.97. The summed E-state index contributed by atoms with van der Waals surface area (Å²) in [5.41, 5.74) is 1.23. The Balaban J connectivity index is 2.29. The maximum absolute atomic E-state index is 11.5. The number of nitrogens with zero attached hydrogens (tertiary/aromatic N) is 2. The number of nitrogens with one attached hydrogen (secondary N) is 1. The number of para-hydroxylation sites is 2. The van der Waals surface area contributed by atoms with E-state index in [1.54, 1.807) is 36.3 Å². The van der Waals surface area contributed by atoms with Gasteiger partial charge in [0, 0.05) is 17.8 Å². The summed E-state index contributed by atoms with van der Waals surface area (Å²) in [5.74, 6) is -0.371. The molecular formula is C15H19N3O3. The lowest BCUT2D eigenvalue weighted by Gasteiger charge is -2.16. The Bertz CT molecular complexity index is 622. The summed E-state index contributed by atoms with van der Waals surface area (Å²) in [6, 6.07) is 6.51. The van der Waals surface area contributed by atoms with Crippen molar-refractivity contribution in [2.75, 3.05) is 12.4 Å². The SMILES string of the molecule is COc1ccccc1NC(C(=O)O)c1cnn(C(C)C)c1. The monoisotopic (exact) mass is 289 g/mol. The molecular weight excluding hydrogens is 270 g/mol. The molecule has 6 heteroatoms. The number of rotatable bonds is 6. The van der Waals surface area contributed by atoms with Crippen LogP contribution in [0.5, 0.6) is 5.75 Å². The van der Waals surface area contributed by atoms with Crippen molar-refractivity contribution in [2.45, 2.75) is 25.9 Å². The molecule has 6 nitrogen and oxygen atoms in total. The largest absolute Gasteiger partial charge is 0.495 e. The Morgan fingerprint density at radius 1 is 1.38 bits per heavy atom. The van der Waals surface area contributed by atoms with Gasteiger partial charge in [-0.1, -0.05) is 12.1 Å². The van der Waals surface area contributed by atoms with Gasteiger partial charge in [0.05, 0.1) is 19.0 Å². The molecule has 21 heavy (non-hydrogen) atoms. The fraction of sp³-hybridized carbons (Fsp3) is 0.333. The van der Waals surface area contributed by atoms with Crippen molar-refractivity contribution in [1.29, 1.82) is 0 Å². The Morgan fingerprint density at radius 3 is 2.67 bits per heavy atom. The molecule has 0 spiro atoms. The van der Waals surface area contributed by atoms with E-state index in [2.05, 4.69) is 10.4 Å². The first-order valence-corrected chi connectivity index (χ1v) is 6.69. The molecule has 1 unspecified atom stereocenters. The first kappa shape index (κ1) is 14.9. The van der Waals surface area contributed by atoms with E-state index in [1.165, 1.54) is 0 Å². The van der Waals surface area contributed by atoms with Crippen LogP contribution in [0.4, 0.5) is 5.69 Å². The van der Waals surface area contributed by atoms with Gasteiger partial charge in [0.1, 0.15) is 5.75 Å². The number of carboxylic acids is 1. The number of benzene rings is 1. The number of ether oxygens (including phenoxy) is 1. The normalized spacial score (nSPS) is 12.2. The number of hydrogen-bond donors (Lipinski definition) is 2. The van der Waals surface area contributed by atoms with E-state index >= 15 is 0 Å². The molecule has 0 bridgehead atoms. The van der Waals surface area contributed by atoms with Gasteiger partial charge in [0.25, 0.3) is 0 Å². The van der Waals surface area contributed by atoms with Gasteiger partial charge >= 0.3 is 5.97 Å². The van der Waals surface area contributed by atoms with Crippen LogP contribution in [0.15, 0.2) is 36.7 Å². The molecule has 2 aromatic rings. The predicted octanol–water partition coefficient (Wildman–Crippen LogP) is 2.71. The summed E-state index contributed by atoms with van der Waals surface area (Å²) in [7, 11) is 1.55. The maximum atomic E-state index is 11.5. The number of aliphatic carboxylic acids is 1. The van der Waals surface area contributed by atoms with E-state index in [1.807, 2.05) is 26.0 Å². The van der Waals surface area contributed by atoms with Crippen LogP contribution in [0, 0.1) is 0 Å². The van der Waals surface area contributed by atoms with Gasteiger partial charge in [-0.05, 0) is 26.0 Å². The summed E-state index contributed by atoms with van der Waals surface area (Å²) in [6.07, 6.45) is 3.31. The van der Waals surface area contributed by atoms with Crippen molar-refractivity contribution in [3.05, 3.63) is 42.2 Å². The summed E-state index contributed by atoms with van der Waals surface area (Å²) < 4.78 is 6.96. The standard InChI is InChI=1S/C15H19N3O3/c1-10(2)18-9-11(8-16-18)14(15(19)20)17-12-6-4-5-7-13(12)21-3/h4-10,14,17H,1-3H3,(H,19,20). The zero-order chi connectivity index (χ0) is 15.4. The molecule has 1 heterocycles. The number of anilines is 1. The van der Waals surface area contributed by atoms with Crippen LogP contribution in [-0.4, -0.2) is 28.0 Å². The van der Waals surface area contributed by atoms with Crippen LogP contribution in [0.2, 0.25) is 0 Å². The molecule has 2 rings (SSSR count). The van der Waals surface area contributed by atoms with E-state index in [4.69, 9.17) is 4.74 Å². The smallest absolute Gasteiger partial charge is 0.330 e. The molecule has 1 aromatic heterocycles. The van der Waals surface area contributed by atoms with Gasteiger partial charge in [-0.15, -0.1) is 0 Å². The van der Waals surface area contributed by atoms with Crippen molar-refractivity contribution in [2.24, 2.45) is 0 Å². The minimum absolute atomic E-state index is 0.180. The first-order chi connectivity index (χ1) is 10.0. The van der Waals surface area contributed by atoms with E-state index in [0.717, 1.165) is 0 Å². The van der Waals surface area contributed by atoms with Crippen LogP contribution < -0.4 is 10.1 Å². The van der Waals surface area contributed by atoms with Gasteiger partial charge in [0.2, 0.25) is 0 Å². The third-order valence-electron chi connectivity index (χ3n) is 3.14. The fourth-order valence-corrected chi connectivity index (χ4v) is 1.99. The second kappa shape index (κ2) is 6.30. The molecule has 0 aliphatic carbocycles. The van der Waals surface area contributed by atoms with Gasteiger partial charge < -0.3 is 15.2 Å². The number of carboxylic acid groups (broad SMARTS) is 1.